The lowest BCUT2D eigenvalue weighted by molar-refractivity contribution is 0.0589. The van der Waals surface area contributed by atoms with Gasteiger partial charge in [-0.1, -0.05) is 25.1 Å². The van der Waals surface area contributed by atoms with Crippen molar-refractivity contribution in [2.45, 2.75) is 19.9 Å². The second-order valence-corrected chi connectivity index (χ2v) is 3.73. The molecule has 3 nitrogen and oxygen atoms in total. The first-order chi connectivity index (χ1) is 7.77. The van der Waals surface area contributed by atoms with Crippen molar-refractivity contribution >= 4 is 16.9 Å². The number of aryl methyl sites for hydroxylation is 1. The maximum absolute atomic E-state index is 11.6. The van der Waals surface area contributed by atoms with Crippen molar-refractivity contribution in [3.63, 3.8) is 0 Å². The summed E-state index contributed by atoms with van der Waals surface area (Å²) in [6.07, 6.45) is 0.989. The van der Waals surface area contributed by atoms with E-state index in [1.54, 1.807) is 0 Å². The molecule has 3 heteroatoms. The molecule has 0 atom stereocenters. The van der Waals surface area contributed by atoms with Gasteiger partial charge in [-0.15, -0.1) is 0 Å². The maximum atomic E-state index is 11.6. The monoisotopic (exact) mass is 217 g/mol. The first-order valence-electron chi connectivity index (χ1n) is 5.44. The lowest BCUT2D eigenvalue weighted by Crippen LogP contribution is -2.10. The van der Waals surface area contributed by atoms with Gasteiger partial charge in [-0.25, -0.2) is 4.79 Å². The zero-order chi connectivity index (χ0) is 11.5. The molecule has 0 saturated heterocycles. The molecule has 0 aliphatic rings. The van der Waals surface area contributed by atoms with E-state index in [1.807, 2.05) is 34.9 Å². The number of carbonyl (C=O) groups is 1. The third kappa shape index (κ3) is 1.69. The van der Waals surface area contributed by atoms with Gasteiger partial charge < -0.3 is 9.30 Å². The Labute approximate surface area is 94.6 Å². The van der Waals surface area contributed by atoms with Gasteiger partial charge in [-0.2, -0.15) is 0 Å². The highest BCUT2D eigenvalue weighted by Gasteiger charge is 2.14. The molecular formula is C13H15NO2. The topological polar surface area (TPSA) is 31.2 Å². The van der Waals surface area contributed by atoms with Gasteiger partial charge in [0.2, 0.25) is 0 Å². The van der Waals surface area contributed by atoms with E-state index in [-0.39, 0.29) is 5.97 Å². The molecule has 1 aromatic heterocycles. The number of rotatable bonds is 3. The minimum Gasteiger partial charge on any atom is -0.464 e. The third-order valence-corrected chi connectivity index (χ3v) is 2.65. The molecule has 2 rings (SSSR count). The number of methoxy groups -OCH3 is 1. The second-order valence-electron chi connectivity index (χ2n) is 3.73. The molecule has 0 bridgehead atoms. The molecule has 0 saturated carbocycles. The fourth-order valence-corrected chi connectivity index (χ4v) is 1.95. The van der Waals surface area contributed by atoms with Crippen LogP contribution in [0.1, 0.15) is 23.8 Å². The van der Waals surface area contributed by atoms with Gasteiger partial charge in [0.15, 0.2) is 0 Å². The predicted molar refractivity (Wildman–Crippen MR) is 63.6 cm³/mol. The zero-order valence-electron chi connectivity index (χ0n) is 9.56. The van der Waals surface area contributed by atoms with E-state index in [9.17, 15) is 4.79 Å². The van der Waals surface area contributed by atoms with Crippen LogP contribution in [0.3, 0.4) is 0 Å². The van der Waals surface area contributed by atoms with Crippen LogP contribution in [0.15, 0.2) is 30.3 Å². The van der Waals surface area contributed by atoms with Crippen molar-refractivity contribution in [3.8, 4) is 0 Å². The van der Waals surface area contributed by atoms with E-state index in [0.29, 0.717) is 5.69 Å². The lowest BCUT2D eigenvalue weighted by Gasteiger charge is -2.07. The van der Waals surface area contributed by atoms with Gasteiger partial charge in [-0.05, 0) is 18.6 Å². The molecule has 0 aliphatic carbocycles. The van der Waals surface area contributed by atoms with Crippen LogP contribution in [0.4, 0.5) is 0 Å². The number of hydrogen-bond acceptors (Lipinski definition) is 2. The molecule has 0 N–H and O–H groups in total. The Morgan fingerprint density at radius 3 is 2.81 bits per heavy atom. The third-order valence-electron chi connectivity index (χ3n) is 2.65. The van der Waals surface area contributed by atoms with Crippen molar-refractivity contribution in [2.75, 3.05) is 7.11 Å². The number of carbonyl (C=O) groups excluding carboxylic acids is 1. The number of ether oxygens (including phenoxy) is 1. The highest BCUT2D eigenvalue weighted by molar-refractivity contribution is 5.95. The Kier molecular flexibility index (Phi) is 2.95. The van der Waals surface area contributed by atoms with Crippen LogP contribution in [-0.2, 0) is 11.3 Å². The lowest BCUT2D eigenvalue weighted by atomic mass is 10.2. The molecule has 1 aromatic carbocycles. The molecule has 0 aliphatic heterocycles. The van der Waals surface area contributed by atoms with Crippen LogP contribution in [0.2, 0.25) is 0 Å². The Morgan fingerprint density at radius 1 is 1.38 bits per heavy atom. The minimum absolute atomic E-state index is 0.273. The number of fused-ring (bicyclic) bond motifs is 1. The van der Waals surface area contributed by atoms with E-state index in [4.69, 9.17) is 4.74 Å². The number of para-hydroxylation sites is 1. The molecule has 0 fully saturated rings. The summed E-state index contributed by atoms with van der Waals surface area (Å²) in [7, 11) is 1.41. The van der Waals surface area contributed by atoms with E-state index >= 15 is 0 Å². The van der Waals surface area contributed by atoms with Gasteiger partial charge in [0.25, 0.3) is 0 Å². The van der Waals surface area contributed by atoms with E-state index in [1.165, 1.54) is 7.11 Å². The van der Waals surface area contributed by atoms with Gasteiger partial charge in [0.05, 0.1) is 7.11 Å². The Hall–Kier alpha value is -1.77. The van der Waals surface area contributed by atoms with Crippen molar-refractivity contribution in [2.24, 2.45) is 0 Å². The van der Waals surface area contributed by atoms with Crippen LogP contribution in [0.25, 0.3) is 10.9 Å². The summed E-state index contributed by atoms with van der Waals surface area (Å²) < 4.78 is 6.81. The van der Waals surface area contributed by atoms with Gasteiger partial charge >= 0.3 is 5.97 Å². The normalized spacial score (nSPS) is 10.6. The highest BCUT2D eigenvalue weighted by atomic mass is 16.5. The summed E-state index contributed by atoms with van der Waals surface area (Å²) in [4.78, 5) is 11.6. The summed E-state index contributed by atoms with van der Waals surface area (Å²) in [6.45, 7) is 2.92. The first kappa shape index (κ1) is 10.7. The van der Waals surface area contributed by atoms with Gasteiger partial charge in [0.1, 0.15) is 5.69 Å². The molecule has 0 amide bonds. The Balaban J connectivity index is 2.62. The number of hydrogen-bond donors (Lipinski definition) is 0. The summed E-state index contributed by atoms with van der Waals surface area (Å²) in [5.74, 6) is -0.273. The summed E-state index contributed by atoms with van der Waals surface area (Å²) in [5.41, 5.74) is 1.72. The van der Waals surface area contributed by atoms with Gasteiger partial charge in [0, 0.05) is 17.4 Å². The SMILES string of the molecule is CCCn1c(C(=O)OC)cc2ccccc21. The molecule has 16 heavy (non-hydrogen) atoms. The molecule has 0 spiro atoms. The van der Waals surface area contributed by atoms with E-state index in [0.717, 1.165) is 23.9 Å². The van der Waals surface area contributed by atoms with Crippen molar-refractivity contribution in [1.29, 1.82) is 0 Å². The molecule has 84 valence electrons. The smallest absolute Gasteiger partial charge is 0.354 e. The zero-order valence-corrected chi connectivity index (χ0v) is 9.56. The van der Waals surface area contributed by atoms with Crippen LogP contribution < -0.4 is 0 Å². The maximum Gasteiger partial charge on any atom is 0.354 e. The average Bonchev–Trinajstić information content (AvgIpc) is 2.68. The van der Waals surface area contributed by atoms with Crippen molar-refractivity contribution in [1.82, 2.24) is 4.57 Å². The van der Waals surface area contributed by atoms with E-state index in [2.05, 4.69) is 6.92 Å². The molecule has 0 unspecified atom stereocenters. The quantitative estimate of drug-likeness (QED) is 0.740. The average molecular weight is 217 g/mol. The first-order valence-corrected chi connectivity index (χ1v) is 5.44. The molecule has 0 radical (unpaired) electrons. The number of benzene rings is 1. The molecular weight excluding hydrogens is 202 g/mol. The fraction of sp³-hybridized carbons (Fsp3) is 0.308. The fourth-order valence-electron chi connectivity index (χ4n) is 1.95. The van der Waals surface area contributed by atoms with Crippen molar-refractivity contribution < 1.29 is 9.53 Å². The summed E-state index contributed by atoms with van der Waals surface area (Å²) in [5, 5.41) is 1.08. The van der Waals surface area contributed by atoms with Crippen LogP contribution in [0.5, 0.6) is 0 Å². The highest BCUT2D eigenvalue weighted by Crippen LogP contribution is 2.20. The van der Waals surface area contributed by atoms with Gasteiger partial charge in [-0.3, -0.25) is 0 Å². The summed E-state index contributed by atoms with van der Waals surface area (Å²) in [6, 6.07) is 9.87. The largest absolute Gasteiger partial charge is 0.464 e. The Bertz CT molecular complexity index is 514. The number of aromatic nitrogens is 1. The predicted octanol–water partition coefficient (Wildman–Crippen LogP) is 2.84. The molecule has 2 aromatic rings. The van der Waals surface area contributed by atoms with E-state index < -0.39 is 0 Å². The van der Waals surface area contributed by atoms with Crippen LogP contribution in [0, 0.1) is 0 Å². The standard InChI is InChI=1S/C13H15NO2/c1-3-8-14-11-7-5-4-6-10(11)9-12(14)13(15)16-2/h4-7,9H,3,8H2,1-2H3. The Morgan fingerprint density at radius 2 is 2.12 bits per heavy atom. The summed E-state index contributed by atoms with van der Waals surface area (Å²) >= 11 is 0. The van der Waals surface area contributed by atoms with Crippen LogP contribution in [-0.4, -0.2) is 17.6 Å². The second kappa shape index (κ2) is 4.39. The van der Waals surface area contributed by atoms with Crippen molar-refractivity contribution in [3.05, 3.63) is 36.0 Å². The molecule has 1 heterocycles. The minimum atomic E-state index is -0.273. The van der Waals surface area contributed by atoms with Crippen LogP contribution >= 0.6 is 0 Å². The number of nitrogens with zero attached hydrogens (tertiary/aromatic N) is 1. The number of esters is 1.